The van der Waals surface area contributed by atoms with E-state index in [4.69, 9.17) is 37.8 Å². The van der Waals surface area contributed by atoms with E-state index >= 15 is 0 Å². The number of benzene rings is 2. The molecule has 37 heavy (non-hydrogen) atoms. The van der Waals surface area contributed by atoms with Crippen LogP contribution in [0.5, 0.6) is 23.4 Å². The van der Waals surface area contributed by atoms with Gasteiger partial charge in [0.15, 0.2) is 17.4 Å². The number of imidazole rings is 1. The van der Waals surface area contributed by atoms with Crippen molar-refractivity contribution in [1.82, 2.24) is 19.9 Å². The summed E-state index contributed by atoms with van der Waals surface area (Å²) in [6, 6.07) is 9.47. The Morgan fingerprint density at radius 1 is 0.973 bits per heavy atom. The molecule has 16 heteroatoms. The minimum absolute atomic E-state index is 0.0594. The van der Waals surface area contributed by atoms with Gasteiger partial charge in [0.2, 0.25) is 5.82 Å². The number of nitrogens with two attached hydrogens (primary N) is 4. The molecular formula is C21H17F3N10O3. The maximum Gasteiger partial charge on any atom is 0.449 e. The number of hydrogen-bond donors (Lipinski definition) is 6. The van der Waals surface area contributed by atoms with Gasteiger partial charge in [-0.15, -0.1) is 0 Å². The average Bonchev–Trinajstić information content (AvgIpc) is 3.25. The van der Waals surface area contributed by atoms with E-state index in [2.05, 4.69) is 24.9 Å². The quantitative estimate of drug-likeness (QED) is 0.157. The number of alkyl halides is 3. The Morgan fingerprint density at radius 3 is 2.35 bits per heavy atom. The molecule has 0 aliphatic rings. The highest BCUT2D eigenvalue weighted by atomic mass is 19.4. The van der Waals surface area contributed by atoms with Crippen LogP contribution in [-0.4, -0.2) is 37.6 Å². The van der Waals surface area contributed by atoms with E-state index in [1.807, 2.05) is 0 Å². The van der Waals surface area contributed by atoms with E-state index in [-0.39, 0.29) is 45.6 Å². The van der Waals surface area contributed by atoms with Gasteiger partial charge in [0.25, 0.3) is 11.8 Å². The van der Waals surface area contributed by atoms with Crippen molar-refractivity contribution in [2.45, 2.75) is 6.18 Å². The number of primary amides is 1. The van der Waals surface area contributed by atoms with E-state index in [0.29, 0.717) is 0 Å². The summed E-state index contributed by atoms with van der Waals surface area (Å²) in [5.41, 5.74) is 21.1. The molecule has 4 aromatic rings. The van der Waals surface area contributed by atoms with Gasteiger partial charge in [0.1, 0.15) is 22.8 Å². The third kappa shape index (κ3) is 5.31. The van der Waals surface area contributed by atoms with Crippen LogP contribution in [0.25, 0.3) is 11.2 Å². The number of aliphatic imine (C=N–C) groups is 1. The molecule has 4 rings (SSSR count). The van der Waals surface area contributed by atoms with Crippen LogP contribution in [0.15, 0.2) is 47.5 Å². The number of halogens is 3. The first kappa shape index (κ1) is 24.7. The molecule has 10 N–H and O–H groups in total. The number of para-hydroxylation sites is 2. The number of carbonyl (C=O) groups excluding carboxylic acids is 1. The Bertz CT molecular complexity index is 1560. The number of rotatable bonds is 7. The van der Waals surface area contributed by atoms with Crippen molar-refractivity contribution >= 4 is 34.6 Å². The van der Waals surface area contributed by atoms with Gasteiger partial charge in [-0.05, 0) is 24.3 Å². The predicted octanol–water partition coefficient (Wildman–Crippen LogP) is 2.24. The normalized spacial score (nSPS) is 11.2. The number of amidine groups is 1. The van der Waals surface area contributed by atoms with Gasteiger partial charge < -0.3 is 37.4 Å². The summed E-state index contributed by atoms with van der Waals surface area (Å²) in [6.45, 7) is 0. The minimum atomic E-state index is -4.86. The zero-order chi connectivity index (χ0) is 26.9. The fourth-order valence-corrected chi connectivity index (χ4v) is 3.06. The Kier molecular flexibility index (Phi) is 6.23. The molecule has 2 heterocycles. The number of nitrogen functional groups attached to an aromatic ring is 1. The van der Waals surface area contributed by atoms with Crippen LogP contribution >= 0.6 is 0 Å². The molecule has 0 aliphatic heterocycles. The Morgan fingerprint density at radius 2 is 1.70 bits per heavy atom. The third-order valence-corrected chi connectivity index (χ3v) is 4.65. The zero-order valence-electron chi connectivity index (χ0n) is 18.5. The Labute approximate surface area is 204 Å². The Hall–Kier alpha value is -5.41. The van der Waals surface area contributed by atoms with Gasteiger partial charge >= 0.3 is 12.2 Å². The fourth-order valence-electron chi connectivity index (χ4n) is 3.06. The van der Waals surface area contributed by atoms with Crippen molar-refractivity contribution in [2.75, 3.05) is 0 Å². The molecule has 0 fully saturated rings. The number of H-pyrrole nitrogens is 1. The van der Waals surface area contributed by atoms with Crippen LogP contribution in [0.1, 0.15) is 21.7 Å². The first-order valence-electron chi connectivity index (χ1n) is 10.1. The summed E-state index contributed by atoms with van der Waals surface area (Å²) < 4.78 is 51.4. The number of carbonyl (C=O) groups is 1. The minimum Gasteiger partial charge on any atom is -0.436 e. The van der Waals surface area contributed by atoms with Gasteiger partial charge in [-0.3, -0.25) is 10.2 Å². The number of nitrogens with one attached hydrogen (secondary N) is 2. The molecule has 0 saturated heterocycles. The standard InChI is InChI=1S/C21H17F3N10O3/c22-21(23,24)18-31-13-16(32-18)33-20(37-11-4-2-1-3-10(11)30-19(28)29)34-17(13)36-12-7-8(14(25)26)5-6-9(12)15(27)35/h1-7H,(H3,25,26)(H2,27,35)(H4,28,29,30)(H,31,32,33,34). The maximum absolute atomic E-state index is 13.4. The van der Waals surface area contributed by atoms with E-state index in [1.54, 1.807) is 12.1 Å². The number of nitrogens with zero attached hydrogens (tertiary/aromatic N) is 4. The molecule has 0 aliphatic carbocycles. The Balaban J connectivity index is 1.88. The molecule has 2 aromatic carbocycles. The molecule has 0 bridgehead atoms. The molecule has 0 radical (unpaired) electrons. The van der Waals surface area contributed by atoms with Crippen molar-refractivity contribution in [3.63, 3.8) is 0 Å². The summed E-state index contributed by atoms with van der Waals surface area (Å²) in [6.07, 6.45) is -4.86. The van der Waals surface area contributed by atoms with Gasteiger partial charge in [-0.2, -0.15) is 23.1 Å². The number of aromatic nitrogens is 4. The number of hydrogen-bond acceptors (Lipinski definition) is 8. The molecular weight excluding hydrogens is 497 g/mol. The molecule has 0 spiro atoms. The molecule has 1 amide bonds. The summed E-state index contributed by atoms with van der Waals surface area (Å²) >= 11 is 0. The molecule has 0 saturated carbocycles. The lowest BCUT2D eigenvalue weighted by atomic mass is 10.1. The molecule has 0 unspecified atom stereocenters. The molecule has 13 nitrogen and oxygen atoms in total. The van der Waals surface area contributed by atoms with E-state index in [9.17, 15) is 18.0 Å². The fraction of sp³-hybridized carbons (Fsp3) is 0.0476. The highest BCUT2D eigenvalue weighted by Crippen LogP contribution is 2.36. The number of guanidine groups is 1. The highest BCUT2D eigenvalue weighted by molar-refractivity contribution is 6.00. The van der Waals surface area contributed by atoms with Crippen LogP contribution in [0.2, 0.25) is 0 Å². The van der Waals surface area contributed by atoms with E-state index in [1.165, 1.54) is 30.3 Å². The highest BCUT2D eigenvalue weighted by Gasteiger charge is 2.36. The number of ether oxygens (including phenoxy) is 2. The number of aromatic amines is 1. The lowest BCUT2D eigenvalue weighted by Gasteiger charge is -2.12. The molecule has 0 atom stereocenters. The smallest absolute Gasteiger partial charge is 0.436 e. The largest absolute Gasteiger partial charge is 0.449 e. The topological polar surface area (TPSA) is 230 Å². The summed E-state index contributed by atoms with van der Waals surface area (Å²) in [5.74, 6) is -3.62. The summed E-state index contributed by atoms with van der Waals surface area (Å²) in [5, 5.41) is 7.61. The molecule has 190 valence electrons. The monoisotopic (exact) mass is 514 g/mol. The summed E-state index contributed by atoms with van der Waals surface area (Å²) in [4.78, 5) is 29.3. The van der Waals surface area contributed by atoms with Gasteiger partial charge in [-0.1, -0.05) is 18.2 Å². The predicted molar refractivity (Wildman–Crippen MR) is 125 cm³/mol. The van der Waals surface area contributed by atoms with Crippen molar-refractivity contribution in [3.8, 4) is 23.4 Å². The second-order valence-electron chi connectivity index (χ2n) is 7.29. The van der Waals surface area contributed by atoms with Crippen LogP contribution < -0.4 is 32.4 Å². The lowest BCUT2D eigenvalue weighted by Crippen LogP contribution is -2.21. The number of amides is 1. The van der Waals surface area contributed by atoms with Crippen molar-refractivity contribution in [3.05, 3.63) is 59.4 Å². The van der Waals surface area contributed by atoms with Crippen molar-refractivity contribution < 1.29 is 27.4 Å². The lowest BCUT2D eigenvalue weighted by molar-refractivity contribution is -0.144. The second-order valence-corrected chi connectivity index (χ2v) is 7.29. The first-order chi connectivity index (χ1) is 17.4. The molecule has 2 aromatic heterocycles. The number of fused-ring (bicyclic) bond motifs is 1. The second kappa shape index (κ2) is 9.33. The third-order valence-electron chi connectivity index (χ3n) is 4.65. The van der Waals surface area contributed by atoms with Gasteiger partial charge in [-0.25, -0.2) is 9.98 Å². The van der Waals surface area contributed by atoms with E-state index < -0.39 is 35.4 Å². The summed E-state index contributed by atoms with van der Waals surface area (Å²) in [7, 11) is 0. The average molecular weight is 514 g/mol. The maximum atomic E-state index is 13.4. The van der Waals surface area contributed by atoms with E-state index in [0.717, 1.165) is 0 Å². The van der Waals surface area contributed by atoms with Crippen LogP contribution in [0, 0.1) is 5.41 Å². The van der Waals surface area contributed by atoms with Crippen molar-refractivity contribution in [1.29, 1.82) is 5.41 Å². The van der Waals surface area contributed by atoms with Crippen LogP contribution in [0.3, 0.4) is 0 Å². The van der Waals surface area contributed by atoms with Crippen LogP contribution in [0.4, 0.5) is 18.9 Å². The van der Waals surface area contributed by atoms with Crippen LogP contribution in [-0.2, 0) is 6.18 Å². The zero-order valence-corrected chi connectivity index (χ0v) is 18.5. The SMILES string of the molecule is N=C(N)c1ccc(C(N)=O)c(Oc2nc(Oc3ccccc3N=C(N)N)nc3nc(C(F)(F)F)[nH]c23)c1. The van der Waals surface area contributed by atoms with Gasteiger partial charge in [0, 0.05) is 5.56 Å². The van der Waals surface area contributed by atoms with Crippen molar-refractivity contribution in [2.24, 2.45) is 27.9 Å². The van der Waals surface area contributed by atoms with Gasteiger partial charge in [0.05, 0.1) is 5.56 Å². The first-order valence-corrected chi connectivity index (χ1v) is 10.1.